The Kier molecular flexibility index (Phi) is 5.09. The number of rotatable bonds is 4. The molecule has 1 aromatic rings. The first-order valence-corrected chi connectivity index (χ1v) is 8.53. The van der Waals surface area contributed by atoms with Crippen molar-refractivity contribution in [2.45, 2.75) is 43.9 Å². The fourth-order valence-corrected chi connectivity index (χ4v) is 3.93. The normalized spacial score (nSPS) is 28.0. The predicted molar refractivity (Wildman–Crippen MR) is 89.1 cm³/mol. The molecule has 2 aliphatic rings. The van der Waals surface area contributed by atoms with Crippen molar-refractivity contribution in [1.82, 2.24) is 10.2 Å². The minimum absolute atomic E-state index is 0.105. The Labute approximate surface area is 141 Å². The van der Waals surface area contributed by atoms with Gasteiger partial charge in [-0.3, -0.25) is 9.69 Å². The second-order valence-corrected chi connectivity index (χ2v) is 6.77. The summed E-state index contributed by atoms with van der Waals surface area (Å²) in [5.74, 6) is 0.458. The number of benzene rings is 1. The van der Waals surface area contributed by atoms with Crippen LogP contribution in [0, 0.1) is 0 Å². The second kappa shape index (κ2) is 7.07. The monoisotopic (exact) mass is 338 g/mol. The Bertz CT molecular complexity index is 581. The molecule has 1 heterocycles. The second-order valence-electron chi connectivity index (χ2n) is 6.36. The molecule has 2 N–H and O–H groups in total. The molecule has 2 fully saturated rings. The van der Waals surface area contributed by atoms with E-state index in [0.29, 0.717) is 28.9 Å². The molecule has 1 aromatic carbocycles. The van der Waals surface area contributed by atoms with Gasteiger partial charge in [-0.15, -0.1) is 0 Å². The number of carbonyl (C=O) groups is 1. The Morgan fingerprint density at radius 2 is 2.22 bits per heavy atom. The number of nitrogens with one attached hydrogen (secondary N) is 1. The van der Waals surface area contributed by atoms with Crippen LogP contribution in [0.15, 0.2) is 18.2 Å². The lowest BCUT2D eigenvalue weighted by Gasteiger charge is -2.29. The van der Waals surface area contributed by atoms with Gasteiger partial charge in [-0.2, -0.15) is 0 Å². The highest BCUT2D eigenvalue weighted by Crippen LogP contribution is 2.28. The molecule has 1 saturated carbocycles. The molecule has 23 heavy (non-hydrogen) atoms. The minimum Gasteiger partial charge on any atom is -0.495 e. The van der Waals surface area contributed by atoms with Crippen molar-refractivity contribution in [2.24, 2.45) is 0 Å². The van der Waals surface area contributed by atoms with Crippen molar-refractivity contribution in [3.05, 3.63) is 28.8 Å². The highest BCUT2D eigenvalue weighted by Gasteiger charge is 2.36. The summed E-state index contributed by atoms with van der Waals surface area (Å²) in [6.45, 7) is 1.62. The minimum atomic E-state index is -0.229. The first-order chi connectivity index (χ1) is 11.1. The SMILES string of the molecule is COc1ccc(C(=O)N[C@@H]2CCC[C@@H]2N2CCC(O)C2)cc1Cl. The lowest BCUT2D eigenvalue weighted by Crippen LogP contribution is -2.48. The van der Waals surface area contributed by atoms with E-state index in [4.69, 9.17) is 16.3 Å². The van der Waals surface area contributed by atoms with E-state index in [1.165, 1.54) is 0 Å². The molecule has 3 rings (SSSR count). The zero-order valence-electron chi connectivity index (χ0n) is 13.3. The summed E-state index contributed by atoms with van der Waals surface area (Å²) >= 11 is 6.10. The van der Waals surface area contributed by atoms with Crippen molar-refractivity contribution in [1.29, 1.82) is 0 Å². The molecule has 1 saturated heterocycles. The van der Waals surface area contributed by atoms with Gasteiger partial charge in [-0.05, 0) is 43.9 Å². The van der Waals surface area contributed by atoms with Crippen LogP contribution in [-0.4, -0.2) is 54.3 Å². The predicted octanol–water partition coefficient (Wildman–Crippen LogP) is 2.07. The number of nitrogens with zero attached hydrogens (tertiary/aromatic N) is 1. The lowest BCUT2D eigenvalue weighted by atomic mass is 10.1. The fraction of sp³-hybridized carbons (Fsp3) is 0.588. The number of halogens is 1. The molecule has 126 valence electrons. The van der Waals surface area contributed by atoms with Crippen molar-refractivity contribution in [3.63, 3.8) is 0 Å². The molecule has 6 heteroatoms. The maximum absolute atomic E-state index is 12.5. The summed E-state index contributed by atoms with van der Waals surface area (Å²) in [5.41, 5.74) is 0.544. The molecule has 5 nitrogen and oxygen atoms in total. The third kappa shape index (κ3) is 3.62. The summed E-state index contributed by atoms with van der Waals surface area (Å²) in [5, 5.41) is 13.3. The quantitative estimate of drug-likeness (QED) is 0.882. The van der Waals surface area contributed by atoms with Gasteiger partial charge < -0.3 is 15.2 Å². The van der Waals surface area contributed by atoms with Gasteiger partial charge in [0.1, 0.15) is 5.75 Å². The number of likely N-dealkylation sites (tertiary alicyclic amines) is 1. The number of ether oxygens (including phenoxy) is 1. The van der Waals surface area contributed by atoms with Crippen molar-refractivity contribution in [3.8, 4) is 5.75 Å². The van der Waals surface area contributed by atoms with Crippen molar-refractivity contribution < 1.29 is 14.6 Å². The summed E-state index contributed by atoms with van der Waals surface area (Å²) in [7, 11) is 1.55. The molecule has 1 unspecified atom stereocenters. The average Bonchev–Trinajstić information content (AvgIpc) is 3.15. The summed E-state index contributed by atoms with van der Waals surface area (Å²) in [4.78, 5) is 14.8. The molecule has 0 radical (unpaired) electrons. The van der Waals surface area contributed by atoms with E-state index in [1.807, 2.05) is 0 Å². The smallest absolute Gasteiger partial charge is 0.251 e. The van der Waals surface area contributed by atoms with Gasteiger partial charge in [-0.1, -0.05) is 11.6 Å². The van der Waals surface area contributed by atoms with E-state index in [0.717, 1.165) is 32.2 Å². The fourth-order valence-electron chi connectivity index (χ4n) is 3.67. The van der Waals surface area contributed by atoms with Gasteiger partial charge in [0.15, 0.2) is 0 Å². The third-order valence-corrected chi connectivity index (χ3v) is 5.17. The molecular weight excluding hydrogens is 316 g/mol. The highest BCUT2D eigenvalue weighted by molar-refractivity contribution is 6.32. The van der Waals surface area contributed by atoms with Crippen LogP contribution in [0.5, 0.6) is 5.75 Å². The molecule has 3 atom stereocenters. The van der Waals surface area contributed by atoms with E-state index >= 15 is 0 Å². The average molecular weight is 339 g/mol. The van der Waals surface area contributed by atoms with Gasteiger partial charge in [0, 0.05) is 30.7 Å². The molecule has 1 aliphatic carbocycles. The van der Waals surface area contributed by atoms with Crippen LogP contribution < -0.4 is 10.1 Å². The van der Waals surface area contributed by atoms with Gasteiger partial charge in [-0.25, -0.2) is 0 Å². The number of carbonyl (C=O) groups excluding carboxylic acids is 1. The van der Waals surface area contributed by atoms with Crippen LogP contribution in [0.25, 0.3) is 0 Å². The Balaban J connectivity index is 1.65. The van der Waals surface area contributed by atoms with Crippen LogP contribution >= 0.6 is 11.6 Å². The van der Waals surface area contributed by atoms with Crippen molar-refractivity contribution >= 4 is 17.5 Å². The van der Waals surface area contributed by atoms with E-state index in [9.17, 15) is 9.90 Å². The Morgan fingerprint density at radius 1 is 1.39 bits per heavy atom. The summed E-state index contributed by atoms with van der Waals surface area (Å²) < 4.78 is 5.11. The van der Waals surface area contributed by atoms with Crippen LogP contribution in [0.2, 0.25) is 5.02 Å². The molecule has 0 bridgehead atoms. The van der Waals surface area contributed by atoms with Crippen LogP contribution in [-0.2, 0) is 0 Å². The highest BCUT2D eigenvalue weighted by atomic mass is 35.5. The number of amides is 1. The summed E-state index contributed by atoms with van der Waals surface area (Å²) in [6.07, 6.45) is 3.75. The number of aliphatic hydroxyl groups is 1. The Hall–Kier alpha value is -1.30. The first-order valence-electron chi connectivity index (χ1n) is 8.15. The van der Waals surface area contributed by atoms with Gasteiger partial charge in [0.05, 0.1) is 18.2 Å². The molecular formula is C17H23ClN2O3. The largest absolute Gasteiger partial charge is 0.495 e. The van der Waals surface area contributed by atoms with Crippen LogP contribution in [0.1, 0.15) is 36.0 Å². The van der Waals surface area contributed by atoms with Gasteiger partial charge in [0.25, 0.3) is 5.91 Å². The van der Waals surface area contributed by atoms with Crippen LogP contribution in [0.3, 0.4) is 0 Å². The Morgan fingerprint density at radius 3 is 2.87 bits per heavy atom. The molecule has 1 aliphatic heterocycles. The molecule has 0 aromatic heterocycles. The number of hydrogen-bond acceptors (Lipinski definition) is 4. The van der Waals surface area contributed by atoms with E-state index in [2.05, 4.69) is 10.2 Å². The standard InChI is InChI=1S/C17H23ClN2O3/c1-23-16-6-5-11(9-13(16)18)17(22)19-14-3-2-4-15(14)20-8-7-12(21)10-20/h5-6,9,12,14-15,21H,2-4,7-8,10H2,1H3,(H,19,22)/t12?,14-,15+/m1/s1. The maximum atomic E-state index is 12.5. The van der Waals surface area contributed by atoms with Gasteiger partial charge >= 0.3 is 0 Å². The van der Waals surface area contributed by atoms with E-state index in [1.54, 1.807) is 25.3 Å². The topological polar surface area (TPSA) is 61.8 Å². The molecule has 0 spiro atoms. The zero-order chi connectivity index (χ0) is 16.4. The van der Waals surface area contributed by atoms with Crippen LogP contribution in [0.4, 0.5) is 0 Å². The number of aliphatic hydroxyl groups excluding tert-OH is 1. The summed E-state index contributed by atoms with van der Waals surface area (Å²) in [6, 6.07) is 5.53. The number of hydrogen-bond donors (Lipinski definition) is 2. The lowest BCUT2D eigenvalue weighted by molar-refractivity contribution is 0.0906. The number of β-amino-alcohol motifs (C(OH)–C–C–N with tert-alkyl or cyclic N) is 1. The van der Waals surface area contributed by atoms with E-state index < -0.39 is 0 Å². The molecule has 1 amide bonds. The van der Waals surface area contributed by atoms with Crippen molar-refractivity contribution in [2.75, 3.05) is 20.2 Å². The number of methoxy groups -OCH3 is 1. The zero-order valence-corrected chi connectivity index (χ0v) is 14.1. The van der Waals surface area contributed by atoms with E-state index in [-0.39, 0.29) is 18.1 Å². The maximum Gasteiger partial charge on any atom is 0.251 e. The third-order valence-electron chi connectivity index (χ3n) is 4.87. The van der Waals surface area contributed by atoms with Gasteiger partial charge in [0.2, 0.25) is 0 Å². The first kappa shape index (κ1) is 16.6.